The number of benzene rings is 2. The van der Waals surface area contributed by atoms with E-state index < -0.39 is 22.1 Å². The molecule has 6 nitrogen and oxygen atoms in total. The van der Waals surface area contributed by atoms with Gasteiger partial charge in [-0.1, -0.05) is 35.9 Å². The summed E-state index contributed by atoms with van der Waals surface area (Å²) in [6.07, 6.45) is 0. The molecule has 6 heteroatoms. The lowest BCUT2D eigenvalue weighted by Gasteiger charge is -2.09. The third-order valence-electron chi connectivity index (χ3n) is 2.89. The lowest BCUT2D eigenvalue weighted by atomic mass is 10.1. The number of hydrogen-bond donors (Lipinski definition) is 1. The molecule has 0 aliphatic heterocycles. The summed E-state index contributed by atoms with van der Waals surface area (Å²) in [7, 11) is 0. The fourth-order valence-corrected chi connectivity index (χ4v) is 1.97. The molecule has 0 spiro atoms. The minimum atomic E-state index is -1.39. The minimum absolute atomic E-state index is 0.0155. The standard InChI is InChI=1S/C15H13NO5/c1-10-4-2-5-11(8-10)9-21-13-7-3-6-12(16(19)20)14(13)15(17)18/h2-8H,9H2,1H3,(H,17,18). The van der Waals surface area contributed by atoms with Gasteiger partial charge in [0.05, 0.1) is 4.92 Å². The summed E-state index contributed by atoms with van der Waals surface area (Å²) >= 11 is 0. The molecule has 2 aromatic carbocycles. The summed E-state index contributed by atoms with van der Waals surface area (Å²) in [6.45, 7) is 2.07. The zero-order valence-electron chi connectivity index (χ0n) is 11.3. The zero-order valence-corrected chi connectivity index (χ0v) is 11.3. The number of nitrogens with zero attached hydrogens (tertiary/aromatic N) is 1. The highest BCUT2D eigenvalue weighted by molar-refractivity contribution is 5.95. The molecule has 108 valence electrons. The zero-order chi connectivity index (χ0) is 15.4. The molecule has 21 heavy (non-hydrogen) atoms. The van der Waals surface area contributed by atoms with Gasteiger partial charge in [0, 0.05) is 6.07 Å². The number of nitro groups is 1. The summed E-state index contributed by atoms with van der Waals surface area (Å²) in [6, 6.07) is 11.5. The Kier molecular flexibility index (Phi) is 4.18. The number of rotatable bonds is 5. The third-order valence-corrected chi connectivity index (χ3v) is 2.89. The van der Waals surface area contributed by atoms with Gasteiger partial charge >= 0.3 is 5.97 Å². The highest BCUT2D eigenvalue weighted by Crippen LogP contribution is 2.28. The van der Waals surface area contributed by atoms with Crippen LogP contribution >= 0.6 is 0 Å². The van der Waals surface area contributed by atoms with Gasteiger partial charge in [-0.15, -0.1) is 0 Å². The topological polar surface area (TPSA) is 89.7 Å². The second kappa shape index (κ2) is 6.04. The number of carbonyl (C=O) groups is 1. The van der Waals surface area contributed by atoms with Crippen molar-refractivity contribution in [3.8, 4) is 5.75 Å². The first-order valence-electron chi connectivity index (χ1n) is 6.18. The molecular weight excluding hydrogens is 274 g/mol. The summed E-state index contributed by atoms with van der Waals surface area (Å²) in [5.74, 6) is -1.40. The Morgan fingerprint density at radius 3 is 2.62 bits per heavy atom. The molecular formula is C15H13NO5. The smallest absolute Gasteiger partial charge is 0.346 e. The molecule has 2 rings (SSSR count). The van der Waals surface area contributed by atoms with Crippen LogP contribution in [-0.4, -0.2) is 16.0 Å². The number of nitro benzene ring substituents is 1. The van der Waals surface area contributed by atoms with E-state index in [-0.39, 0.29) is 12.4 Å². The molecule has 0 saturated heterocycles. The van der Waals surface area contributed by atoms with Gasteiger partial charge in [-0.3, -0.25) is 10.1 Å². The van der Waals surface area contributed by atoms with E-state index in [0.717, 1.165) is 17.2 Å². The fourth-order valence-electron chi connectivity index (χ4n) is 1.97. The SMILES string of the molecule is Cc1cccc(COc2cccc([N+](=O)[O-])c2C(=O)O)c1. The van der Waals surface area contributed by atoms with Crippen molar-refractivity contribution in [2.24, 2.45) is 0 Å². The van der Waals surface area contributed by atoms with Crippen LogP contribution in [0.15, 0.2) is 42.5 Å². The lowest BCUT2D eigenvalue weighted by Crippen LogP contribution is -2.07. The van der Waals surface area contributed by atoms with Crippen LogP contribution in [-0.2, 0) is 6.61 Å². The Morgan fingerprint density at radius 2 is 2.00 bits per heavy atom. The van der Waals surface area contributed by atoms with Crippen molar-refractivity contribution in [3.63, 3.8) is 0 Å². The van der Waals surface area contributed by atoms with Gasteiger partial charge in [0.25, 0.3) is 5.69 Å². The van der Waals surface area contributed by atoms with Crippen LogP contribution in [0.25, 0.3) is 0 Å². The number of aryl methyl sites for hydroxylation is 1. The number of carboxylic acids is 1. The third kappa shape index (κ3) is 3.36. The van der Waals surface area contributed by atoms with E-state index in [4.69, 9.17) is 9.84 Å². The normalized spacial score (nSPS) is 10.1. The maximum absolute atomic E-state index is 11.2. The van der Waals surface area contributed by atoms with Gasteiger partial charge in [-0.25, -0.2) is 4.79 Å². The first-order valence-corrected chi connectivity index (χ1v) is 6.18. The van der Waals surface area contributed by atoms with Crippen LogP contribution in [0.1, 0.15) is 21.5 Å². The first-order chi connectivity index (χ1) is 9.99. The number of ether oxygens (including phenoxy) is 1. The molecule has 1 N–H and O–H groups in total. The van der Waals surface area contributed by atoms with E-state index in [1.54, 1.807) is 0 Å². The van der Waals surface area contributed by atoms with Crippen LogP contribution in [0.2, 0.25) is 0 Å². The van der Waals surface area contributed by atoms with Crippen molar-refractivity contribution >= 4 is 11.7 Å². The molecule has 0 radical (unpaired) electrons. The van der Waals surface area contributed by atoms with Gasteiger partial charge in [0.15, 0.2) is 5.56 Å². The molecule has 0 saturated carbocycles. The molecule has 0 heterocycles. The highest BCUT2D eigenvalue weighted by Gasteiger charge is 2.24. The Bertz CT molecular complexity index is 696. The first kappa shape index (κ1) is 14.5. The van der Waals surface area contributed by atoms with E-state index in [2.05, 4.69) is 0 Å². The maximum atomic E-state index is 11.2. The van der Waals surface area contributed by atoms with E-state index in [1.165, 1.54) is 12.1 Å². The Labute approximate surface area is 120 Å². The van der Waals surface area contributed by atoms with Gasteiger partial charge in [-0.2, -0.15) is 0 Å². The van der Waals surface area contributed by atoms with E-state index in [1.807, 2.05) is 31.2 Å². The number of carboxylic acid groups (broad SMARTS) is 1. The maximum Gasteiger partial charge on any atom is 0.346 e. The second-order valence-corrected chi connectivity index (χ2v) is 4.49. The van der Waals surface area contributed by atoms with E-state index >= 15 is 0 Å². The minimum Gasteiger partial charge on any atom is -0.488 e. The molecule has 0 aliphatic carbocycles. The molecule has 0 bridgehead atoms. The summed E-state index contributed by atoms with van der Waals surface area (Å²) < 4.78 is 5.45. The predicted octanol–water partition coefficient (Wildman–Crippen LogP) is 3.18. The average molecular weight is 287 g/mol. The second-order valence-electron chi connectivity index (χ2n) is 4.49. The molecule has 0 atom stereocenters. The molecule has 0 amide bonds. The molecule has 0 aromatic heterocycles. The Hall–Kier alpha value is -2.89. The van der Waals surface area contributed by atoms with Crippen molar-refractivity contribution in [2.45, 2.75) is 13.5 Å². The number of hydrogen-bond acceptors (Lipinski definition) is 4. The van der Waals surface area contributed by atoms with Crippen molar-refractivity contribution in [2.75, 3.05) is 0 Å². The monoisotopic (exact) mass is 287 g/mol. The van der Waals surface area contributed by atoms with Gasteiger partial charge in [0.1, 0.15) is 12.4 Å². The van der Waals surface area contributed by atoms with Crippen LogP contribution in [0.4, 0.5) is 5.69 Å². The van der Waals surface area contributed by atoms with Crippen LogP contribution in [0.3, 0.4) is 0 Å². The molecule has 0 unspecified atom stereocenters. The Balaban J connectivity index is 2.30. The van der Waals surface area contributed by atoms with Crippen molar-refractivity contribution in [1.82, 2.24) is 0 Å². The fraction of sp³-hybridized carbons (Fsp3) is 0.133. The largest absolute Gasteiger partial charge is 0.488 e. The average Bonchev–Trinajstić information content (AvgIpc) is 2.44. The number of aromatic carboxylic acids is 1. The summed E-state index contributed by atoms with van der Waals surface area (Å²) in [5, 5.41) is 20.0. The molecule has 2 aromatic rings. The van der Waals surface area contributed by atoms with Crippen molar-refractivity contribution < 1.29 is 19.6 Å². The van der Waals surface area contributed by atoms with Gasteiger partial charge in [0.2, 0.25) is 0 Å². The quantitative estimate of drug-likeness (QED) is 0.673. The summed E-state index contributed by atoms with van der Waals surface area (Å²) in [5.41, 5.74) is 0.992. The summed E-state index contributed by atoms with van der Waals surface area (Å²) in [4.78, 5) is 21.4. The predicted molar refractivity (Wildman–Crippen MR) is 75.6 cm³/mol. The lowest BCUT2D eigenvalue weighted by molar-refractivity contribution is -0.385. The van der Waals surface area contributed by atoms with Gasteiger partial charge in [-0.05, 0) is 18.6 Å². The van der Waals surface area contributed by atoms with Crippen molar-refractivity contribution in [3.05, 3.63) is 69.3 Å². The molecule has 0 fully saturated rings. The molecule has 0 aliphatic rings. The van der Waals surface area contributed by atoms with Crippen LogP contribution in [0.5, 0.6) is 5.75 Å². The van der Waals surface area contributed by atoms with E-state index in [9.17, 15) is 14.9 Å². The Morgan fingerprint density at radius 1 is 1.29 bits per heavy atom. The highest BCUT2D eigenvalue weighted by atomic mass is 16.6. The van der Waals surface area contributed by atoms with Gasteiger partial charge < -0.3 is 9.84 Å². The van der Waals surface area contributed by atoms with Crippen molar-refractivity contribution in [1.29, 1.82) is 0 Å². The van der Waals surface area contributed by atoms with Crippen LogP contribution in [0, 0.1) is 17.0 Å². The van der Waals surface area contributed by atoms with E-state index in [0.29, 0.717) is 0 Å². The van der Waals surface area contributed by atoms with Crippen LogP contribution < -0.4 is 4.74 Å².